The van der Waals surface area contributed by atoms with E-state index in [1.54, 1.807) is 19.1 Å². The van der Waals surface area contributed by atoms with E-state index in [9.17, 15) is 14.9 Å². The van der Waals surface area contributed by atoms with Crippen LogP contribution in [0.15, 0.2) is 48.5 Å². The minimum absolute atomic E-state index is 0.0355. The topological polar surface area (TPSA) is 81.5 Å². The molecule has 1 N–H and O–H groups in total. The van der Waals surface area contributed by atoms with E-state index in [1.165, 1.54) is 12.1 Å². The van der Waals surface area contributed by atoms with Crippen LogP contribution in [0.1, 0.15) is 33.3 Å². The summed E-state index contributed by atoms with van der Waals surface area (Å²) in [5.74, 6) is 0.118. The third-order valence-electron chi connectivity index (χ3n) is 3.76. The van der Waals surface area contributed by atoms with Crippen molar-refractivity contribution in [3.8, 4) is 5.75 Å². The normalized spacial score (nSPS) is 12.3. The predicted octanol–water partition coefficient (Wildman–Crippen LogP) is 4.30. The van der Waals surface area contributed by atoms with Crippen LogP contribution < -0.4 is 10.1 Å². The number of rotatable bonds is 5. The van der Waals surface area contributed by atoms with Gasteiger partial charge in [0.2, 0.25) is 0 Å². The van der Waals surface area contributed by atoms with Crippen LogP contribution in [-0.4, -0.2) is 16.9 Å². The fourth-order valence-electron chi connectivity index (χ4n) is 2.26. The summed E-state index contributed by atoms with van der Waals surface area (Å²) in [4.78, 5) is 22.7. The number of amides is 1. The van der Waals surface area contributed by atoms with Gasteiger partial charge in [0.15, 0.2) is 6.10 Å². The van der Waals surface area contributed by atoms with Gasteiger partial charge in [-0.1, -0.05) is 45.0 Å². The molecule has 0 aromatic heterocycles. The molecule has 25 heavy (non-hydrogen) atoms. The molecule has 0 saturated carbocycles. The molecule has 0 heterocycles. The Bertz CT molecular complexity index is 764. The quantitative estimate of drug-likeness (QED) is 0.649. The molecule has 6 heteroatoms. The summed E-state index contributed by atoms with van der Waals surface area (Å²) in [6.07, 6.45) is -0.791. The van der Waals surface area contributed by atoms with Crippen LogP contribution in [0, 0.1) is 10.1 Å². The van der Waals surface area contributed by atoms with Crippen LogP contribution in [-0.2, 0) is 10.2 Å². The number of nitro groups is 1. The van der Waals surface area contributed by atoms with Crippen LogP contribution in [0.2, 0.25) is 0 Å². The standard InChI is InChI=1S/C19H22N2O4/c1-13(25-15-11-9-14(10-12-15)19(2,3)4)18(22)20-16-7-5-6-8-17(16)21(23)24/h5-13H,1-4H3,(H,20,22)/t13-/m0/s1. The minimum Gasteiger partial charge on any atom is -0.481 e. The van der Waals surface area contributed by atoms with Crippen molar-refractivity contribution >= 4 is 17.3 Å². The Morgan fingerprint density at radius 3 is 2.28 bits per heavy atom. The first kappa shape index (κ1) is 18.4. The number of hydrogen-bond donors (Lipinski definition) is 1. The number of carbonyl (C=O) groups excluding carboxylic acids is 1. The Hall–Kier alpha value is -2.89. The average Bonchev–Trinajstić information content (AvgIpc) is 2.54. The van der Waals surface area contributed by atoms with Gasteiger partial charge in [-0.3, -0.25) is 14.9 Å². The zero-order valence-corrected chi connectivity index (χ0v) is 14.8. The highest BCUT2D eigenvalue weighted by atomic mass is 16.6. The van der Waals surface area contributed by atoms with Crippen molar-refractivity contribution in [1.82, 2.24) is 0 Å². The molecule has 132 valence electrons. The minimum atomic E-state index is -0.791. The molecular weight excluding hydrogens is 320 g/mol. The number of hydrogen-bond acceptors (Lipinski definition) is 4. The average molecular weight is 342 g/mol. The van der Waals surface area contributed by atoms with Gasteiger partial charge < -0.3 is 10.1 Å². The van der Waals surface area contributed by atoms with E-state index in [0.29, 0.717) is 5.75 Å². The first-order valence-corrected chi connectivity index (χ1v) is 8.00. The molecule has 1 atom stereocenters. The smallest absolute Gasteiger partial charge is 0.292 e. The van der Waals surface area contributed by atoms with Crippen molar-refractivity contribution in [2.75, 3.05) is 5.32 Å². The molecule has 0 aliphatic heterocycles. The van der Waals surface area contributed by atoms with Crippen LogP contribution >= 0.6 is 0 Å². The lowest BCUT2D eigenvalue weighted by Gasteiger charge is -2.20. The Morgan fingerprint density at radius 2 is 1.72 bits per heavy atom. The molecule has 2 rings (SSSR count). The van der Waals surface area contributed by atoms with E-state index in [2.05, 4.69) is 26.1 Å². The van der Waals surface area contributed by atoms with Gasteiger partial charge >= 0.3 is 0 Å². The molecule has 0 saturated heterocycles. The molecule has 2 aromatic carbocycles. The number of nitrogens with zero attached hydrogens (tertiary/aromatic N) is 1. The number of nitro benzene ring substituents is 1. The highest BCUT2D eigenvalue weighted by molar-refractivity contribution is 5.96. The maximum Gasteiger partial charge on any atom is 0.292 e. The first-order chi connectivity index (χ1) is 11.7. The van der Waals surface area contributed by atoms with Crippen molar-refractivity contribution in [2.24, 2.45) is 0 Å². The molecule has 0 fully saturated rings. The summed E-state index contributed by atoms with van der Waals surface area (Å²) in [7, 11) is 0. The van der Waals surface area contributed by atoms with Gasteiger partial charge in [-0.05, 0) is 36.1 Å². The number of carbonyl (C=O) groups is 1. The van der Waals surface area contributed by atoms with Crippen LogP contribution in [0.3, 0.4) is 0 Å². The number of benzene rings is 2. The largest absolute Gasteiger partial charge is 0.481 e. The molecule has 0 spiro atoms. The third kappa shape index (κ3) is 4.79. The maximum atomic E-state index is 12.3. The van der Waals surface area contributed by atoms with Gasteiger partial charge in [-0.2, -0.15) is 0 Å². The summed E-state index contributed by atoms with van der Waals surface area (Å²) in [5, 5.41) is 13.5. The predicted molar refractivity (Wildman–Crippen MR) is 97.0 cm³/mol. The molecule has 2 aromatic rings. The molecule has 0 radical (unpaired) electrons. The maximum absolute atomic E-state index is 12.3. The summed E-state index contributed by atoms with van der Waals surface area (Å²) in [5.41, 5.74) is 1.19. The van der Waals surface area contributed by atoms with Crippen LogP contribution in [0.25, 0.3) is 0 Å². The zero-order chi connectivity index (χ0) is 18.6. The molecule has 0 aliphatic rings. The van der Waals surface area contributed by atoms with E-state index >= 15 is 0 Å². The Labute approximate surface area is 147 Å². The van der Waals surface area contributed by atoms with Crippen molar-refractivity contribution in [3.05, 3.63) is 64.2 Å². The van der Waals surface area contributed by atoms with E-state index in [1.807, 2.05) is 24.3 Å². The SMILES string of the molecule is C[C@H](Oc1ccc(C(C)(C)C)cc1)C(=O)Nc1ccccc1[N+](=O)[O-]. The van der Waals surface area contributed by atoms with Crippen molar-refractivity contribution in [2.45, 2.75) is 39.2 Å². The first-order valence-electron chi connectivity index (χ1n) is 8.00. The Balaban J connectivity index is 2.05. The number of anilines is 1. The lowest BCUT2D eigenvalue weighted by molar-refractivity contribution is -0.383. The van der Waals surface area contributed by atoms with E-state index in [-0.39, 0.29) is 16.8 Å². The highest BCUT2D eigenvalue weighted by Crippen LogP contribution is 2.26. The zero-order valence-electron chi connectivity index (χ0n) is 14.8. The summed E-state index contributed by atoms with van der Waals surface area (Å²) >= 11 is 0. The van der Waals surface area contributed by atoms with E-state index in [0.717, 1.165) is 5.56 Å². The van der Waals surface area contributed by atoms with Gasteiger partial charge in [-0.25, -0.2) is 0 Å². The van der Waals surface area contributed by atoms with Gasteiger partial charge in [0.25, 0.3) is 11.6 Å². The Morgan fingerprint density at radius 1 is 1.12 bits per heavy atom. The molecule has 0 unspecified atom stereocenters. The fourth-order valence-corrected chi connectivity index (χ4v) is 2.26. The second kappa shape index (κ2) is 7.34. The fraction of sp³-hybridized carbons (Fsp3) is 0.316. The molecule has 0 aliphatic carbocycles. The Kier molecular flexibility index (Phi) is 5.41. The monoisotopic (exact) mass is 342 g/mol. The van der Waals surface area contributed by atoms with Crippen molar-refractivity contribution in [1.29, 1.82) is 0 Å². The molecule has 0 bridgehead atoms. The lowest BCUT2D eigenvalue weighted by atomic mass is 9.87. The second-order valence-electron chi connectivity index (χ2n) is 6.80. The molecule has 6 nitrogen and oxygen atoms in total. The van der Waals surface area contributed by atoms with Crippen molar-refractivity contribution < 1.29 is 14.5 Å². The third-order valence-corrected chi connectivity index (χ3v) is 3.76. The van der Waals surface area contributed by atoms with E-state index in [4.69, 9.17) is 4.74 Å². The second-order valence-corrected chi connectivity index (χ2v) is 6.80. The van der Waals surface area contributed by atoms with Crippen LogP contribution in [0.4, 0.5) is 11.4 Å². The van der Waals surface area contributed by atoms with Gasteiger partial charge in [0, 0.05) is 6.07 Å². The number of para-hydroxylation sites is 2. The number of ether oxygens (including phenoxy) is 1. The van der Waals surface area contributed by atoms with Crippen molar-refractivity contribution in [3.63, 3.8) is 0 Å². The summed E-state index contributed by atoms with van der Waals surface area (Å²) in [6.45, 7) is 7.95. The van der Waals surface area contributed by atoms with Gasteiger partial charge in [-0.15, -0.1) is 0 Å². The van der Waals surface area contributed by atoms with E-state index < -0.39 is 16.9 Å². The van der Waals surface area contributed by atoms with Gasteiger partial charge in [0.1, 0.15) is 11.4 Å². The molecular formula is C19H22N2O4. The van der Waals surface area contributed by atoms with Gasteiger partial charge in [0.05, 0.1) is 4.92 Å². The number of nitrogens with one attached hydrogen (secondary N) is 1. The molecule has 1 amide bonds. The van der Waals surface area contributed by atoms with Crippen LogP contribution in [0.5, 0.6) is 5.75 Å². The lowest BCUT2D eigenvalue weighted by Crippen LogP contribution is -2.30. The summed E-state index contributed by atoms with van der Waals surface area (Å²) in [6, 6.07) is 13.5. The summed E-state index contributed by atoms with van der Waals surface area (Å²) < 4.78 is 5.63. The highest BCUT2D eigenvalue weighted by Gasteiger charge is 2.20.